The fourth-order valence-corrected chi connectivity index (χ4v) is 1.43. The van der Waals surface area contributed by atoms with Crippen LogP contribution in [0, 0.1) is 5.41 Å². The number of nitrogens with one attached hydrogen (secondary N) is 1. The molecule has 0 fully saturated rings. The average molecular weight is 276 g/mol. The smallest absolute Gasteiger partial charge is 0.203 e. The number of halogens is 2. The Balaban J connectivity index is 2.58. The van der Waals surface area contributed by atoms with Gasteiger partial charge in [0, 0.05) is 11.8 Å². The number of alkyl halides is 1. The number of rotatable bonds is 6. The van der Waals surface area contributed by atoms with Crippen molar-refractivity contribution in [2.75, 3.05) is 19.8 Å². The zero-order valence-electron chi connectivity index (χ0n) is 9.64. The number of aliphatic hydroxyl groups is 1. The molecule has 1 aromatic carbocycles. The lowest BCUT2D eigenvalue weighted by Gasteiger charge is -2.18. The number of hydrogen-bond donors (Lipinski definition) is 3. The maximum atomic E-state index is 11.9. The molecule has 0 bridgehead atoms. The van der Waals surface area contributed by atoms with E-state index in [4.69, 9.17) is 27.7 Å². The van der Waals surface area contributed by atoms with Crippen molar-refractivity contribution >= 4 is 17.7 Å². The molecule has 0 saturated carbocycles. The molecule has 4 N–H and O–H groups in total. The highest BCUT2D eigenvalue weighted by molar-refractivity contribution is 6.21. The summed E-state index contributed by atoms with van der Waals surface area (Å²) >= 11 is 5.62. The van der Waals surface area contributed by atoms with Crippen molar-refractivity contribution in [2.45, 2.75) is 6.10 Å². The fraction of sp³-hybridized carbons (Fsp3) is 0.364. The molecule has 5 nitrogen and oxygen atoms in total. The van der Waals surface area contributed by atoms with Crippen LogP contribution in [-0.4, -0.2) is 35.3 Å². The molecule has 7 heteroatoms. The summed E-state index contributed by atoms with van der Waals surface area (Å²) in [6, 6.07) is 6.54. The van der Waals surface area contributed by atoms with Gasteiger partial charge in [0.2, 0.25) is 5.96 Å². The summed E-state index contributed by atoms with van der Waals surface area (Å²) in [4.78, 5) is 0. The van der Waals surface area contributed by atoms with E-state index < -0.39 is 12.8 Å². The Labute approximate surface area is 110 Å². The molecule has 0 heterocycles. The van der Waals surface area contributed by atoms with E-state index in [-0.39, 0.29) is 19.1 Å². The van der Waals surface area contributed by atoms with Crippen molar-refractivity contribution in [1.82, 2.24) is 4.42 Å². The van der Waals surface area contributed by atoms with Gasteiger partial charge in [-0.2, -0.15) is 0 Å². The lowest BCUT2D eigenvalue weighted by molar-refractivity contribution is 0.164. The number of guanidine groups is 1. The van der Waals surface area contributed by atoms with E-state index in [1.807, 2.05) is 0 Å². The van der Waals surface area contributed by atoms with E-state index in [1.54, 1.807) is 24.3 Å². The third-order valence-corrected chi connectivity index (χ3v) is 2.53. The van der Waals surface area contributed by atoms with E-state index in [1.165, 1.54) is 0 Å². The number of nitrogens with two attached hydrogens (primary N) is 1. The Morgan fingerprint density at radius 1 is 1.50 bits per heavy atom. The second kappa shape index (κ2) is 7.03. The van der Waals surface area contributed by atoms with Gasteiger partial charge in [-0.3, -0.25) is 9.83 Å². The SMILES string of the molecule is N=C(N)N(Cl)CC(O)c1ccc(OCCF)cc1. The summed E-state index contributed by atoms with van der Waals surface area (Å²) in [6.45, 7) is -0.548. The van der Waals surface area contributed by atoms with Crippen LogP contribution < -0.4 is 10.5 Å². The summed E-state index contributed by atoms with van der Waals surface area (Å²) in [5.41, 5.74) is 5.76. The molecule has 100 valence electrons. The third-order valence-electron chi connectivity index (χ3n) is 2.21. The maximum absolute atomic E-state index is 11.9. The highest BCUT2D eigenvalue weighted by Gasteiger charge is 2.13. The Kier molecular flexibility index (Phi) is 5.67. The van der Waals surface area contributed by atoms with Crippen LogP contribution in [0.1, 0.15) is 11.7 Å². The van der Waals surface area contributed by atoms with Gasteiger partial charge in [-0.05, 0) is 17.7 Å². The second-order valence-corrected chi connectivity index (χ2v) is 3.96. The van der Waals surface area contributed by atoms with E-state index in [2.05, 4.69) is 0 Å². The molecule has 0 spiro atoms. The predicted octanol–water partition coefficient (Wildman–Crippen LogP) is 1.42. The molecule has 1 unspecified atom stereocenters. The summed E-state index contributed by atoms with van der Waals surface area (Å²) in [5, 5.41) is 16.9. The largest absolute Gasteiger partial charge is 0.491 e. The van der Waals surface area contributed by atoms with Gasteiger partial charge in [-0.15, -0.1) is 0 Å². The number of ether oxygens (including phenoxy) is 1. The molecule has 1 aromatic rings. The van der Waals surface area contributed by atoms with Gasteiger partial charge >= 0.3 is 0 Å². The Morgan fingerprint density at radius 2 is 2.11 bits per heavy atom. The normalized spacial score (nSPS) is 11.9. The van der Waals surface area contributed by atoms with Gasteiger partial charge in [0.25, 0.3) is 0 Å². The molecule has 0 radical (unpaired) electrons. The average Bonchev–Trinajstić information content (AvgIpc) is 2.36. The molecule has 0 aliphatic heterocycles. The molecule has 0 aliphatic carbocycles. The molecule has 1 rings (SSSR count). The first-order valence-electron chi connectivity index (χ1n) is 5.28. The minimum atomic E-state index is -0.873. The van der Waals surface area contributed by atoms with Gasteiger partial charge in [-0.1, -0.05) is 12.1 Å². The van der Waals surface area contributed by atoms with Crippen LogP contribution in [0.2, 0.25) is 0 Å². The molecule has 1 atom stereocenters. The summed E-state index contributed by atoms with van der Waals surface area (Å²) in [5.74, 6) is 0.191. The standard InChI is InChI=1S/C11H15ClFN3O2/c12-16(11(14)15)7-10(17)8-1-3-9(4-2-8)18-6-5-13/h1-4,10,17H,5-7H2,(H3,14,15). The molecular weight excluding hydrogens is 261 g/mol. The second-order valence-electron chi connectivity index (χ2n) is 3.55. The number of benzene rings is 1. The van der Waals surface area contributed by atoms with Crippen LogP contribution >= 0.6 is 11.8 Å². The van der Waals surface area contributed by atoms with Crippen LogP contribution in [0.25, 0.3) is 0 Å². The zero-order chi connectivity index (χ0) is 13.5. The molecule has 0 amide bonds. The van der Waals surface area contributed by atoms with Crippen molar-refractivity contribution in [1.29, 1.82) is 5.41 Å². The van der Waals surface area contributed by atoms with E-state index >= 15 is 0 Å². The van der Waals surface area contributed by atoms with Crippen molar-refractivity contribution in [2.24, 2.45) is 5.73 Å². The van der Waals surface area contributed by atoms with Gasteiger partial charge in [0.05, 0.1) is 12.6 Å². The maximum Gasteiger partial charge on any atom is 0.203 e. The summed E-state index contributed by atoms with van der Waals surface area (Å²) in [6.07, 6.45) is -0.873. The summed E-state index contributed by atoms with van der Waals surface area (Å²) in [7, 11) is 0. The zero-order valence-corrected chi connectivity index (χ0v) is 10.4. The minimum absolute atomic E-state index is 0.00156. The van der Waals surface area contributed by atoms with Crippen LogP contribution in [0.5, 0.6) is 5.75 Å². The van der Waals surface area contributed by atoms with E-state index in [9.17, 15) is 9.50 Å². The van der Waals surface area contributed by atoms with Gasteiger partial charge in [0.15, 0.2) is 0 Å². The monoisotopic (exact) mass is 275 g/mol. The van der Waals surface area contributed by atoms with Crippen LogP contribution in [0.3, 0.4) is 0 Å². The van der Waals surface area contributed by atoms with Crippen molar-refractivity contribution in [3.63, 3.8) is 0 Å². The van der Waals surface area contributed by atoms with Crippen molar-refractivity contribution in [3.05, 3.63) is 29.8 Å². The first-order valence-corrected chi connectivity index (χ1v) is 5.62. The van der Waals surface area contributed by atoms with Crippen LogP contribution in [0.4, 0.5) is 4.39 Å². The van der Waals surface area contributed by atoms with Crippen LogP contribution in [0.15, 0.2) is 24.3 Å². The van der Waals surface area contributed by atoms with Crippen molar-refractivity contribution < 1.29 is 14.2 Å². The summed E-state index contributed by atoms with van der Waals surface area (Å²) < 4.78 is 17.9. The Morgan fingerprint density at radius 3 is 2.61 bits per heavy atom. The highest BCUT2D eigenvalue weighted by atomic mass is 35.5. The first kappa shape index (κ1) is 14.5. The molecule has 0 saturated heterocycles. The van der Waals surface area contributed by atoms with E-state index in [0.29, 0.717) is 11.3 Å². The lowest BCUT2D eigenvalue weighted by Crippen LogP contribution is -2.31. The molecule has 0 aliphatic rings. The van der Waals surface area contributed by atoms with Gasteiger partial charge < -0.3 is 15.6 Å². The predicted molar refractivity (Wildman–Crippen MR) is 67.3 cm³/mol. The quantitative estimate of drug-likeness (QED) is 0.417. The van der Waals surface area contributed by atoms with Gasteiger partial charge in [0.1, 0.15) is 19.0 Å². The number of nitrogens with zero attached hydrogens (tertiary/aromatic N) is 1. The lowest BCUT2D eigenvalue weighted by atomic mass is 10.1. The number of hydrogen-bond acceptors (Lipinski definition) is 3. The molecule has 18 heavy (non-hydrogen) atoms. The van der Waals surface area contributed by atoms with Gasteiger partial charge in [-0.25, -0.2) is 4.39 Å². The topological polar surface area (TPSA) is 82.6 Å². The molecule has 0 aromatic heterocycles. The Hall–Kier alpha value is -1.53. The van der Waals surface area contributed by atoms with Crippen molar-refractivity contribution in [3.8, 4) is 5.75 Å². The number of aliphatic hydroxyl groups excluding tert-OH is 1. The minimum Gasteiger partial charge on any atom is -0.491 e. The molecular formula is C11H15ClFN3O2. The third kappa shape index (κ3) is 4.38. The Bertz CT molecular complexity index is 388. The highest BCUT2D eigenvalue weighted by Crippen LogP contribution is 2.19. The van der Waals surface area contributed by atoms with E-state index in [0.717, 1.165) is 4.42 Å². The first-order chi connectivity index (χ1) is 8.54. The fourth-order valence-electron chi connectivity index (χ4n) is 1.30. The van der Waals surface area contributed by atoms with Crippen LogP contribution in [-0.2, 0) is 0 Å².